The maximum absolute atomic E-state index is 11.8. The summed E-state index contributed by atoms with van der Waals surface area (Å²) in [6.07, 6.45) is 1.46. The monoisotopic (exact) mass is 405 g/mol. The molecule has 0 atom stereocenters. The van der Waals surface area contributed by atoms with Crippen LogP contribution in [0, 0.1) is 0 Å². The van der Waals surface area contributed by atoms with Gasteiger partial charge in [-0.2, -0.15) is 0 Å². The van der Waals surface area contributed by atoms with Gasteiger partial charge in [0.1, 0.15) is 28.2 Å². The Kier molecular flexibility index (Phi) is 5.02. The summed E-state index contributed by atoms with van der Waals surface area (Å²) in [5.74, 6) is -0.142. The fraction of sp³-hybridized carbons (Fsp3) is 0.130. The predicted octanol–water partition coefficient (Wildman–Crippen LogP) is 5.06. The summed E-state index contributed by atoms with van der Waals surface area (Å²) in [4.78, 5) is 16.3. The van der Waals surface area contributed by atoms with Crippen molar-refractivity contribution in [3.63, 3.8) is 0 Å². The minimum Gasteiger partial charge on any atom is -0.494 e. The molecule has 30 heavy (non-hydrogen) atoms. The highest BCUT2D eigenvalue weighted by molar-refractivity contribution is 6.07. The number of hydrogen-bond acceptors (Lipinski definition) is 6. The summed E-state index contributed by atoms with van der Waals surface area (Å²) >= 11 is 0. The van der Waals surface area contributed by atoms with Crippen molar-refractivity contribution < 1.29 is 28.5 Å². The lowest BCUT2D eigenvalue weighted by molar-refractivity contribution is 0.0692. The second kappa shape index (κ2) is 7.79. The van der Waals surface area contributed by atoms with Gasteiger partial charge in [0.2, 0.25) is 0 Å². The maximum atomic E-state index is 11.8. The van der Waals surface area contributed by atoms with E-state index in [0.29, 0.717) is 28.3 Å². The molecule has 0 spiro atoms. The number of nitrogens with zero attached hydrogens (tertiary/aromatic N) is 1. The summed E-state index contributed by atoms with van der Waals surface area (Å²) in [6.45, 7) is 0. The van der Waals surface area contributed by atoms with Crippen LogP contribution in [-0.2, 0) is 0 Å². The summed E-state index contributed by atoms with van der Waals surface area (Å²) in [6, 6.07) is 14.6. The third-order valence-corrected chi connectivity index (χ3v) is 4.81. The number of carboxylic acid groups (broad SMARTS) is 1. The molecule has 0 amide bonds. The number of hydrogen-bond donors (Lipinski definition) is 1. The first-order valence-corrected chi connectivity index (χ1v) is 9.09. The van der Waals surface area contributed by atoms with Crippen molar-refractivity contribution in [2.45, 2.75) is 0 Å². The quantitative estimate of drug-likeness (QED) is 0.451. The average molecular weight is 405 g/mol. The van der Waals surface area contributed by atoms with Crippen molar-refractivity contribution in [1.29, 1.82) is 0 Å². The molecular weight excluding hydrogens is 386 g/mol. The van der Waals surface area contributed by atoms with Gasteiger partial charge in [0.25, 0.3) is 0 Å². The van der Waals surface area contributed by atoms with Gasteiger partial charge in [-0.05, 0) is 24.3 Å². The third kappa shape index (κ3) is 3.20. The zero-order valence-electron chi connectivity index (χ0n) is 16.6. The molecule has 1 heterocycles. The van der Waals surface area contributed by atoms with E-state index in [1.54, 1.807) is 25.3 Å². The average Bonchev–Trinajstić information content (AvgIpc) is 3.13. The smallest absolute Gasteiger partial charge is 0.340 e. The minimum atomic E-state index is -1.15. The number of benzene rings is 3. The van der Waals surface area contributed by atoms with E-state index in [0.717, 1.165) is 16.4 Å². The molecule has 4 aromatic rings. The van der Waals surface area contributed by atoms with E-state index in [9.17, 15) is 9.90 Å². The van der Waals surface area contributed by atoms with Crippen LogP contribution in [0.4, 0.5) is 5.69 Å². The molecule has 3 aromatic carbocycles. The van der Waals surface area contributed by atoms with Crippen LogP contribution < -0.4 is 14.2 Å². The molecule has 0 saturated carbocycles. The minimum absolute atomic E-state index is 0.0376. The van der Waals surface area contributed by atoms with Gasteiger partial charge in [-0.15, -0.1) is 0 Å². The number of ether oxygens (including phenoxy) is 3. The number of rotatable bonds is 6. The fourth-order valence-electron chi connectivity index (χ4n) is 3.41. The molecule has 0 radical (unpaired) electrons. The Morgan fingerprint density at radius 3 is 2.40 bits per heavy atom. The van der Waals surface area contributed by atoms with Crippen molar-refractivity contribution >= 4 is 39.8 Å². The van der Waals surface area contributed by atoms with Crippen molar-refractivity contribution in [1.82, 2.24) is 0 Å². The predicted molar refractivity (Wildman–Crippen MR) is 114 cm³/mol. The highest BCUT2D eigenvalue weighted by atomic mass is 16.5. The molecule has 0 aliphatic carbocycles. The lowest BCUT2D eigenvalue weighted by Gasteiger charge is -2.12. The number of carbonyl (C=O) groups is 1. The lowest BCUT2D eigenvalue weighted by Crippen LogP contribution is -2.06. The molecule has 0 fully saturated rings. The van der Waals surface area contributed by atoms with Crippen LogP contribution in [0.3, 0.4) is 0 Å². The molecule has 0 bridgehead atoms. The first kappa shape index (κ1) is 19.3. The van der Waals surface area contributed by atoms with Gasteiger partial charge in [0.05, 0.1) is 21.3 Å². The molecule has 1 aromatic heterocycles. The number of aliphatic imine (C=N–C) groups is 1. The van der Waals surface area contributed by atoms with E-state index in [4.69, 9.17) is 18.6 Å². The summed E-state index contributed by atoms with van der Waals surface area (Å²) in [5.41, 5.74) is 2.27. The Hall–Kier alpha value is -4.00. The van der Waals surface area contributed by atoms with E-state index in [1.165, 1.54) is 20.4 Å². The van der Waals surface area contributed by atoms with Gasteiger partial charge in [0, 0.05) is 28.6 Å². The van der Waals surface area contributed by atoms with Crippen LogP contribution in [0.25, 0.3) is 21.9 Å². The lowest BCUT2D eigenvalue weighted by atomic mass is 10.1. The molecule has 4 rings (SSSR count). The van der Waals surface area contributed by atoms with E-state index in [1.807, 2.05) is 30.3 Å². The Balaban J connectivity index is 1.84. The maximum Gasteiger partial charge on any atom is 0.340 e. The van der Waals surface area contributed by atoms with Crippen molar-refractivity contribution in [2.75, 3.05) is 21.3 Å². The summed E-state index contributed by atoms with van der Waals surface area (Å²) < 4.78 is 21.9. The number of fused-ring (bicyclic) bond motifs is 3. The molecule has 0 saturated heterocycles. The molecular formula is C23H19NO6. The summed E-state index contributed by atoms with van der Waals surface area (Å²) in [5, 5.41) is 11.6. The molecule has 0 unspecified atom stereocenters. The van der Waals surface area contributed by atoms with E-state index in [-0.39, 0.29) is 11.3 Å². The van der Waals surface area contributed by atoms with E-state index < -0.39 is 5.97 Å². The highest BCUT2D eigenvalue weighted by Gasteiger charge is 2.20. The van der Waals surface area contributed by atoms with Crippen LogP contribution in [0.1, 0.15) is 15.9 Å². The topological polar surface area (TPSA) is 90.5 Å². The number of methoxy groups -OCH3 is 3. The SMILES string of the molecule is COc1cc2c(cc1N=Cc1ccc(OC)c(OC)c1C(=O)O)oc1ccccc12. The number of furan rings is 1. The molecule has 7 nitrogen and oxygen atoms in total. The zero-order chi connectivity index (χ0) is 21.3. The summed E-state index contributed by atoms with van der Waals surface area (Å²) in [7, 11) is 4.40. The van der Waals surface area contributed by atoms with Gasteiger partial charge in [-0.3, -0.25) is 4.99 Å². The standard InChI is InChI=1S/C23H19NO6/c1-27-18-9-8-13(21(23(25)26)22(18)29-3)12-24-16-11-19-15(10-20(16)28-2)14-6-4-5-7-17(14)30-19/h4-12H,1-3H3,(H,25,26). The molecule has 7 heteroatoms. The second-order valence-corrected chi connectivity index (χ2v) is 6.45. The first-order chi connectivity index (χ1) is 14.6. The Bertz CT molecular complexity index is 1290. The largest absolute Gasteiger partial charge is 0.494 e. The number of carboxylic acids is 1. The normalized spacial score (nSPS) is 11.3. The Labute approximate surface area is 172 Å². The van der Waals surface area contributed by atoms with Gasteiger partial charge >= 0.3 is 5.97 Å². The van der Waals surface area contributed by atoms with Crippen molar-refractivity contribution in [2.24, 2.45) is 4.99 Å². The van der Waals surface area contributed by atoms with Crippen molar-refractivity contribution in [3.8, 4) is 17.2 Å². The molecule has 0 aliphatic rings. The van der Waals surface area contributed by atoms with Crippen LogP contribution >= 0.6 is 0 Å². The number of aromatic carboxylic acids is 1. The molecule has 152 valence electrons. The number of para-hydroxylation sites is 1. The third-order valence-electron chi connectivity index (χ3n) is 4.81. The van der Waals surface area contributed by atoms with Crippen LogP contribution in [0.5, 0.6) is 17.2 Å². The van der Waals surface area contributed by atoms with Crippen LogP contribution in [0.2, 0.25) is 0 Å². The van der Waals surface area contributed by atoms with E-state index in [2.05, 4.69) is 4.99 Å². The second-order valence-electron chi connectivity index (χ2n) is 6.45. The van der Waals surface area contributed by atoms with Crippen LogP contribution in [-0.4, -0.2) is 38.6 Å². The fourth-order valence-corrected chi connectivity index (χ4v) is 3.41. The highest BCUT2D eigenvalue weighted by Crippen LogP contribution is 2.38. The zero-order valence-corrected chi connectivity index (χ0v) is 16.6. The molecule has 0 aliphatic heterocycles. The Morgan fingerprint density at radius 2 is 1.70 bits per heavy atom. The Morgan fingerprint density at radius 1 is 0.933 bits per heavy atom. The van der Waals surface area contributed by atoms with Gasteiger partial charge in [-0.25, -0.2) is 4.79 Å². The van der Waals surface area contributed by atoms with Crippen LogP contribution in [0.15, 0.2) is 57.9 Å². The van der Waals surface area contributed by atoms with Gasteiger partial charge < -0.3 is 23.7 Å². The van der Waals surface area contributed by atoms with Crippen molar-refractivity contribution in [3.05, 3.63) is 59.7 Å². The van der Waals surface area contributed by atoms with E-state index >= 15 is 0 Å². The van der Waals surface area contributed by atoms with Gasteiger partial charge in [0.15, 0.2) is 11.5 Å². The first-order valence-electron chi connectivity index (χ1n) is 9.09. The van der Waals surface area contributed by atoms with Gasteiger partial charge in [-0.1, -0.05) is 18.2 Å². The molecule has 1 N–H and O–H groups in total.